The van der Waals surface area contributed by atoms with E-state index in [2.05, 4.69) is 15.4 Å². The number of hydrogen-bond acceptors (Lipinski definition) is 5. The van der Waals surface area contributed by atoms with Gasteiger partial charge in [0.2, 0.25) is 0 Å². The van der Waals surface area contributed by atoms with Gasteiger partial charge in [-0.3, -0.25) is 19.6 Å². The van der Waals surface area contributed by atoms with Gasteiger partial charge in [0.05, 0.1) is 16.9 Å². The molecular formula is C19H22N6O3. The lowest BCUT2D eigenvalue weighted by molar-refractivity contribution is -0.384. The van der Waals surface area contributed by atoms with Crippen LogP contribution in [0.3, 0.4) is 0 Å². The second kappa shape index (κ2) is 8.03. The average Bonchev–Trinajstić information content (AvgIpc) is 3.29. The topological polar surface area (TPSA) is 108 Å². The summed E-state index contributed by atoms with van der Waals surface area (Å²) in [6.07, 6.45) is 4.63. The molecule has 0 aliphatic rings. The zero-order valence-electron chi connectivity index (χ0n) is 16.0. The van der Waals surface area contributed by atoms with Crippen molar-refractivity contribution in [3.63, 3.8) is 0 Å². The summed E-state index contributed by atoms with van der Waals surface area (Å²) < 4.78 is 3.45. The molecule has 9 nitrogen and oxygen atoms in total. The molecule has 0 spiro atoms. The number of rotatable bonds is 7. The average molecular weight is 382 g/mol. The van der Waals surface area contributed by atoms with Crippen LogP contribution in [0.1, 0.15) is 28.7 Å². The molecule has 1 unspecified atom stereocenters. The summed E-state index contributed by atoms with van der Waals surface area (Å²) in [5.74, 6) is -0.192. The van der Waals surface area contributed by atoms with Crippen LogP contribution >= 0.6 is 0 Å². The zero-order chi connectivity index (χ0) is 20.3. The first kappa shape index (κ1) is 19.3. The van der Waals surface area contributed by atoms with Gasteiger partial charge in [0.15, 0.2) is 0 Å². The van der Waals surface area contributed by atoms with Crippen molar-refractivity contribution in [2.75, 3.05) is 6.54 Å². The van der Waals surface area contributed by atoms with Crippen molar-refractivity contribution in [1.29, 1.82) is 0 Å². The number of carbonyl (C=O) groups excluding carboxylic acids is 1. The highest BCUT2D eigenvalue weighted by Gasteiger charge is 2.19. The van der Waals surface area contributed by atoms with Crippen molar-refractivity contribution in [2.45, 2.75) is 27.3 Å². The summed E-state index contributed by atoms with van der Waals surface area (Å²) in [6.45, 7) is 7.07. The number of hydrogen-bond donors (Lipinski definition) is 1. The predicted molar refractivity (Wildman–Crippen MR) is 103 cm³/mol. The van der Waals surface area contributed by atoms with Crippen LogP contribution in [0, 0.1) is 29.9 Å². The maximum absolute atomic E-state index is 12.5. The number of amides is 1. The fourth-order valence-corrected chi connectivity index (χ4v) is 3.02. The molecule has 2 heterocycles. The molecule has 28 heavy (non-hydrogen) atoms. The number of nitrogens with zero attached hydrogens (tertiary/aromatic N) is 5. The summed E-state index contributed by atoms with van der Waals surface area (Å²) >= 11 is 0. The van der Waals surface area contributed by atoms with Crippen molar-refractivity contribution in [3.05, 3.63) is 70.1 Å². The predicted octanol–water partition coefficient (Wildman–Crippen LogP) is 2.66. The van der Waals surface area contributed by atoms with Crippen molar-refractivity contribution in [3.8, 4) is 5.69 Å². The Balaban J connectivity index is 1.68. The standard InChI is InChI=1S/C19H22N6O3/c1-13(11-24-15(3)8-14(2)22-24)10-21-19(26)16-4-5-17(18(9-16)25(27)28)23-7-6-20-12-23/h4-9,12-13H,10-11H2,1-3H3,(H,21,26). The monoisotopic (exact) mass is 382 g/mol. The Bertz CT molecular complexity index is 993. The summed E-state index contributed by atoms with van der Waals surface area (Å²) in [6, 6.07) is 6.42. The quantitative estimate of drug-likeness (QED) is 0.499. The van der Waals surface area contributed by atoms with Crippen molar-refractivity contribution < 1.29 is 9.72 Å². The molecule has 0 aliphatic carbocycles. The van der Waals surface area contributed by atoms with E-state index in [1.165, 1.54) is 23.2 Å². The highest BCUT2D eigenvalue weighted by atomic mass is 16.6. The van der Waals surface area contributed by atoms with Gasteiger partial charge in [0.25, 0.3) is 11.6 Å². The zero-order valence-corrected chi connectivity index (χ0v) is 16.0. The highest BCUT2D eigenvalue weighted by Crippen LogP contribution is 2.24. The summed E-state index contributed by atoms with van der Waals surface area (Å²) in [5.41, 5.74) is 2.48. The lowest BCUT2D eigenvalue weighted by Crippen LogP contribution is -2.30. The molecule has 0 fully saturated rings. The largest absolute Gasteiger partial charge is 0.352 e. The molecule has 0 aliphatic heterocycles. The number of nitro groups is 1. The van der Waals surface area contributed by atoms with E-state index in [9.17, 15) is 14.9 Å². The molecule has 3 aromatic rings. The Labute approximate surface area is 162 Å². The van der Waals surface area contributed by atoms with Crippen LogP contribution in [0.25, 0.3) is 5.69 Å². The van der Waals surface area contributed by atoms with Crippen molar-refractivity contribution in [2.24, 2.45) is 5.92 Å². The number of aryl methyl sites for hydroxylation is 2. The first-order chi connectivity index (χ1) is 13.3. The fraction of sp³-hybridized carbons (Fsp3) is 0.316. The maximum atomic E-state index is 12.5. The Morgan fingerprint density at radius 3 is 2.71 bits per heavy atom. The number of nitro benzene ring substituents is 1. The third-order valence-corrected chi connectivity index (χ3v) is 4.42. The minimum absolute atomic E-state index is 0.152. The van der Waals surface area contributed by atoms with Crippen LogP contribution in [0.5, 0.6) is 0 Å². The van der Waals surface area contributed by atoms with Crippen LogP contribution in [0.15, 0.2) is 43.0 Å². The molecule has 0 radical (unpaired) electrons. The van der Waals surface area contributed by atoms with E-state index >= 15 is 0 Å². The minimum atomic E-state index is -0.502. The maximum Gasteiger partial charge on any atom is 0.294 e. The molecule has 9 heteroatoms. The van der Waals surface area contributed by atoms with Gasteiger partial charge < -0.3 is 9.88 Å². The van der Waals surface area contributed by atoms with E-state index in [0.717, 1.165) is 11.4 Å². The van der Waals surface area contributed by atoms with Crippen LogP contribution in [0.4, 0.5) is 5.69 Å². The number of imidazole rings is 1. The molecule has 1 atom stereocenters. The molecular weight excluding hydrogens is 360 g/mol. The van der Waals surface area contributed by atoms with Crippen molar-refractivity contribution in [1.82, 2.24) is 24.6 Å². The summed E-state index contributed by atoms with van der Waals surface area (Å²) in [4.78, 5) is 27.3. The Hall–Kier alpha value is -3.49. The van der Waals surface area contributed by atoms with E-state index in [0.29, 0.717) is 18.8 Å². The number of carbonyl (C=O) groups is 1. The van der Waals surface area contributed by atoms with Crippen LogP contribution in [0.2, 0.25) is 0 Å². The minimum Gasteiger partial charge on any atom is -0.352 e. The number of benzene rings is 1. The third-order valence-electron chi connectivity index (χ3n) is 4.42. The second-order valence-electron chi connectivity index (χ2n) is 6.85. The van der Waals surface area contributed by atoms with Gasteiger partial charge in [-0.15, -0.1) is 0 Å². The van der Waals surface area contributed by atoms with Gasteiger partial charge >= 0.3 is 0 Å². The van der Waals surface area contributed by atoms with Gasteiger partial charge in [-0.1, -0.05) is 6.92 Å². The third kappa shape index (κ3) is 4.25. The van der Waals surface area contributed by atoms with Crippen LogP contribution in [-0.2, 0) is 6.54 Å². The smallest absolute Gasteiger partial charge is 0.294 e. The summed E-state index contributed by atoms with van der Waals surface area (Å²) in [5, 5.41) is 18.7. The highest BCUT2D eigenvalue weighted by molar-refractivity contribution is 5.95. The van der Waals surface area contributed by atoms with Gasteiger partial charge in [-0.2, -0.15) is 5.10 Å². The molecule has 1 N–H and O–H groups in total. The van der Waals surface area contributed by atoms with E-state index in [4.69, 9.17) is 0 Å². The number of aromatic nitrogens is 4. The van der Waals surface area contributed by atoms with Gasteiger partial charge in [-0.25, -0.2) is 4.98 Å². The molecule has 0 bridgehead atoms. The molecule has 146 valence electrons. The van der Waals surface area contributed by atoms with Gasteiger partial charge in [-0.05, 0) is 38.0 Å². The Kier molecular flexibility index (Phi) is 5.53. The van der Waals surface area contributed by atoms with Crippen LogP contribution in [-0.4, -0.2) is 36.7 Å². The molecule has 1 amide bonds. The van der Waals surface area contributed by atoms with E-state index < -0.39 is 4.92 Å². The second-order valence-corrected chi connectivity index (χ2v) is 6.85. The SMILES string of the molecule is Cc1cc(C)n(CC(C)CNC(=O)c2ccc(-n3ccnc3)c([N+](=O)[O-])c2)n1. The first-order valence-corrected chi connectivity index (χ1v) is 8.91. The van der Waals surface area contributed by atoms with Crippen LogP contribution < -0.4 is 5.32 Å². The first-order valence-electron chi connectivity index (χ1n) is 8.91. The Morgan fingerprint density at radius 2 is 2.11 bits per heavy atom. The van der Waals surface area contributed by atoms with E-state index in [-0.39, 0.29) is 23.1 Å². The van der Waals surface area contributed by atoms with Crippen molar-refractivity contribution >= 4 is 11.6 Å². The normalized spacial score (nSPS) is 12.0. The molecule has 0 saturated carbocycles. The van der Waals surface area contributed by atoms with Gasteiger partial charge in [0, 0.05) is 42.8 Å². The Morgan fingerprint density at radius 1 is 1.32 bits per heavy atom. The lowest BCUT2D eigenvalue weighted by Gasteiger charge is -2.14. The van der Waals surface area contributed by atoms with E-state index in [1.54, 1.807) is 18.3 Å². The lowest BCUT2D eigenvalue weighted by atomic mass is 10.1. The fourth-order valence-electron chi connectivity index (χ4n) is 3.02. The number of nitrogens with one attached hydrogen (secondary N) is 1. The molecule has 0 saturated heterocycles. The molecule has 2 aromatic heterocycles. The summed E-state index contributed by atoms with van der Waals surface area (Å²) in [7, 11) is 0. The van der Waals surface area contributed by atoms with Gasteiger partial charge in [0.1, 0.15) is 5.69 Å². The molecule has 1 aromatic carbocycles. The molecule has 3 rings (SSSR count). The van der Waals surface area contributed by atoms with E-state index in [1.807, 2.05) is 31.5 Å².